The molecule has 0 atom stereocenters. The van der Waals surface area contributed by atoms with Crippen LogP contribution in [0, 0.1) is 0 Å². The first kappa shape index (κ1) is 14.0. The molecule has 9 heteroatoms. The number of sulfonamides is 1. The van der Waals surface area contributed by atoms with Gasteiger partial charge in [-0.3, -0.25) is 4.79 Å². The number of carbonyl (C=O) groups excluding carboxylic acids is 1. The number of hydrogen-bond donors (Lipinski definition) is 1. The average Bonchev–Trinajstić information content (AvgIpc) is 2.15. The Balaban J connectivity index is 2.96. The lowest BCUT2D eigenvalue weighted by atomic mass is 10.2. The molecule has 1 N–H and O–H groups in total. The van der Waals surface area contributed by atoms with Crippen LogP contribution in [0.2, 0.25) is 0 Å². The Morgan fingerprint density at radius 2 is 1.88 bits per heavy atom. The lowest BCUT2D eigenvalue weighted by Gasteiger charge is -2.09. The van der Waals surface area contributed by atoms with E-state index >= 15 is 0 Å². The summed E-state index contributed by atoms with van der Waals surface area (Å²) < 4.78 is 58.6. The molecule has 17 heavy (non-hydrogen) atoms. The molecule has 4 nitrogen and oxygen atoms in total. The molecule has 0 aliphatic heterocycles. The highest BCUT2D eigenvalue weighted by Crippen LogP contribution is 2.22. The molecule has 1 amide bonds. The van der Waals surface area contributed by atoms with Gasteiger partial charge in [0.05, 0.1) is 0 Å². The summed E-state index contributed by atoms with van der Waals surface area (Å²) in [6.07, 6.45) is 0. The maximum absolute atomic E-state index is 12.0. The van der Waals surface area contributed by atoms with Crippen LogP contribution in [0.5, 0.6) is 0 Å². The topological polar surface area (TPSA) is 63.2 Å². The van der Waals surface area contributed by atoms with Crippen LogP contribution in [0.15, 0.2) is 28.7 Å². The van der Waals surface area contributed by atoms with Gasteiger partial charge in [0.1, 0.15) is 0 Å². The molecular weight excluding hydrogens is 327 g/mol. The van der Waals surface area contributed by atoms with Crippen LogP contribution < -0.4 is 4.72 Å². The lowest BCUT2D eigenvalue weighted by Crippen LogP contribution is -2.40. The molecule has 1 aromatic rings. The number of alkyl halides is 3. The van der Waals surface area contributed by atoms with Crippen molar-refractivity contribution in [2.75, 3.05) is 0 Å². The second-order valence-corrected chi connectivity index (χ2v) is 5.48. The maximum atomic E-state index is 12.0. The summed E-state index contributed by atoms with van der Waals surface area (Å²) in [6.45, 7) is 0. The van der Waals surface area contributed by atoms with Crippen molar-refractivity contribution in [1.29, 1.82) is 0 Å². The fourth-order valence-corrected chi connectivity index (χ4v) is 1.75. The van der Waals surface area contributed by atoms with Gasteiger partial charge < -0.3 is 0 Å². The van der Waals surface area contributed by atoms with Crippen molar-refractivity contribution in [1.82, 2.24) is 4.72 Å². The first-order valence-electron chi connectivity index (χ1n) is 4.02. The molecule has 0 saturated heterocycles. The molecule has 0 radical (unpaired) electrons. The number of rotatable bonds is 2. The van der Waals surface area contributed by atoms with Crippen molar-refractivity contribution in [2.45, 2.75) is 5.51 Å². The van der Waals surface area contributed by atoms with E-state index in [0.29, 0.717) is 4.47 Å². The Kier molecular flexibility index (Phi) is 3.82. The highest BCUT2D eigenvalue weighted by molar-refractivity contribution is 9.10. The molecule has 0 saturated carbocycles. The van der Waals surface area contributed by atoms with Crippen LogP contribution in [-0.4, -0.2) is 19.8 Å². The first-order chi connectivity index (χ1) is 7.63. The lowest BCUT2D eigenvalue weighted by molar-refractivity contribution is -0.0446. The second-order valence-electron chi connectivity index (χ2n) is 2.89. The smallest absolute Gasteiger partial charge is 0.268 e. The third kappa shape index (κ3) is 3.43. The van der Waals surface area contributed by atoms with Gasteiger partial charge in [0.25, 0.3) is 5.91 Å². The number of nitrogens with one attached hydrogen (secondary N) is 1. The van der Waals surface area contributed by atoms with Crippen LogP contribution in [-0.2, 0) is 10.0 Å². The van der Waals surface area contributed by atoms with Gasteiger partial charge in [-0.2, -0.15) is 21.6 Å². The Labute approximate surface area is 103 Å². The summed E-state index contributed by atoms with van der Waals surface area (Å²) >= 11 is 3.00. The van der Waals surface area contributed by atoms with E-state index in [2.05, 4.69) is 15.9 Å². The SMILES string of the molecule is O=C(NS(=O)(=O)C(F)(F)F)c1cccc(Br)c1. The Morgan fingerprint density at radius 3 is 2.35 bits per heavy atom. The van der Waals surface area contributed by atoms with E-state index in [9.17, 15) is 26.4 Å². The molecule has 0 unspecified atom stereocenters. The van der Waals surface area contributed by atoms with E-state index in [-0.39, 0.29) is 5.56 Å². The van der Waals surface area contributed by atoms with Crippen molar-refractivity contribution in [2.24, 2.45) is 0 Å². The minimum Gasteiger partial charge on any atom is -0.268 e. The molecule has 1 aromatic carbocycles. The zero-order valence-corrected chi connectivity index (χ0v) is 10.4. The molecule has 1 rings (SSSR count). The molecule has 0 aromatic heterocycles. The van der Waals surface area contributed by atoms with Crippen LogP contribution >= 0.6 is 15.9 Å². The van der Waals surface area contributed by atoms with E-state index in [0.717, 1.165) is 4.72 Å². The summed E-state index contributed by atoms with van der Waals surface area (Å²) in [4.78, 5) is 11.2. The summed E-state index contributed by atoms with van der Waals surface area (Å²) in [7, 11) is -5.67. The van der Waals surface area contributed by atoms with Gasteiger partial charge in [0.2, 0.25) is 0 Å². The van der Waals surface area contributed by atoms with Crippen LogP contribution in [0.25, 0.3) is 0 Å². The van der Waals surface area contributed by atoms with Crippen LogP contribution in [0.3, 0.4) is 0 Å². The van der Waals surface area contributed by atoms with Crippen LogP contribution in [0.1, 0.15) is 10.4 Å². The summed E-state index contributed by atoms with van der Waals surface area (Å²) in [5.41, 5.74) is -5.72. The minimum atomic E-state index is -5.67. The molecule has 94 valence electrons. The van der Waals surface area contributed by atoms with Gasteiger partial charge in [-0.05, 0) is 18.2 Å². The number of amides is 1. The fraction of sp³-hybridized carbons (Fsp3) is 0.125. The minimum absolute atomic E-state index is 0.202. The van der Waals surface area contributed by atoms with Crippen molar-refractivity contribution < 1.29 is 26.4 Å². The van der Waals surface area contributed by atoms with Gasteiger partial charge in [-0.25, -0.2) is 4.72 Å². The maximum Gasteiger partial charge on any atom is 0.516 e. The molecule has 0 bridgehead atoms. The van der Waals surface area contributed by atoms with E-state index in [1.807, 2.05) is 0 Å². The number of benzene rings is 1. The Morgan fingerprint density at radius 1 is 1.29 bits per heavy atom. The van der Waals surface area contributed by atoms with E-state index in [1.54, 1.807) is 0 Å². The number of halogens is 4. The molecule has 0 heterocycles. The summed E-state index contributed by atoms with van der Waals surface area (Å²) in [6, 6.07) is 5.31. The van der Waals surface area contributed by atoms with Gasteiger partial charge in [0, 0.05) is 10.0 Å². The van der Waals surface area contributed by atoms with Crippen LogP contribution in [0.4, 0.5) is 13.2 Å². The molecule has 0 fully saturated rings. The summed E-state index contributed by atoms with van der Waals surface area (Å²) in [5, 5.41) is 0. The zero-order chi connectivity index (χ0) is 13.3. The fourth-order valence-electron chi connectivity index (χ4n) is 0.869. The van der Waals surface area contributed by atoms with Crippen molar-refractivity contribution in [3.05, 3.63) is 34.3 Å². The molecule has 0 spiro atoms. The average molecular weight is 332 g/mol. The van der Waals surface area contributed by atoms with Gasteiger partial charge in [0.15, 0.2) is 0 Å². The predicted octanol–water partition coefficient (Wildman–Crippen LogP) is 2.03. The largest absolute Gasteiger partial charge is 0.516 e. The Bertz CT molecular complexity index is 541. The van der Waals surface area contributed by atoms with Gasteiger partial charge >= 0.3 is 15.5 Å². The molecule has 0 aliphatic rings. The normalized spacial score (nSPS) is 12.2. The monoisotopic (exact) mass is 331 g/mol. The number of carbonyl (C=O) groups is 1. The predicted molar refractivity (Wildman–Crippen MR) is 56.6 cm³/mol. The quantitative estimate of drug-likeness (QED) is 0.901. The zero-order valence-electron chi connectivity index (χ0n) is 7.95. The second kappa shape index (κ2) is 4.65. The molecular formula is C8H5BrF3NO3S. The highest BCUT2D eigenvalue weighted by Gasteiger charge is 2.47. The highest BCUT2D eigenvalue weighted by atomic mass is 79.9. The van der Waals surface area contributed by atoms with Gasteiger partial charge in [-0.15, -0.1) is 0 Å². The van der Waals surface area contributed by atoms with Gasteiger partial charge in [-0.1, -0.05) is 22.0 Å². The number of hydrogen-bond acceptors (Lipinski definition) is 3. The van der Waals surface area contributed by atoms with E-state index < -0.39 is 21.4 Å². The molecule has 0 aliphatic carbocycles. The summed E-state index contributed by atoms with van der Waals surface area (Å²) in [5.74, 6) is -1.34. The van der Waals surface area contributed by atoms with E-state index in [4.69, 9.17) is 0 Å². The third-order valence-corrected chi connectivity index (χ3v) is 3.18. The Hall–Kier alpha value is -1.09. The standard InChI is InChI=1S/C8H5BrF3NO3S/c9-6-3-1-2-5(4-6)7(14)13-17(15,16)8(10,11)12/h1-4H,(H,13,14). The van der Waals surface area contributed by atoms with Crippen molar-refractivity contribution in [3.63, 3.8) is 0 Å². The first-order valence-corrected chi connectivity index (χ1v) is 6.30. The third-order valence-electron chi connectivity index (χ3n) is 1.62. The van der Waals surface area contributed by atoms with Crippen molar-refractivity contribution in [3.8, 4) is 0 Å². The van der Waals surface area contributed by atoms with Crippen molar-refractivity contribution >= 4 is 31.9 Å². The van der Waals surface area contributed by atoms with E-state index in [1.165, 1.54) is 24.3 Å².